The van der Waals surface area contributed by atoms with Crippen LogP contribution >= 0.6 is 11.3 Å². The zero-order valence-electron chi connectivity index (χ0n) is 18.4. The van der Waals surface area contributed by atoms with E-state index in [0.29, 0.717) is 44.1 Å². The molecule has 0 saturated heterocycles. The molecule has 7 heteroatoms. The van der Waals surface area contributed by atoms with Crippen LogP contribution in [0.25, 0.3) is 10.2 Å². The van der Waals surface area contributed by atoms with E-state index < -0.39 is 0 Å². The molecule has 4 rings (SSSR count). The van der Waals surface area contributed by atoms with E-state index in [1.165, 1.54) is 11.3 Å². The number of nitrogens with zero attached hydrogens (tertiary/aromatic N) is 3. The van der Waals surface area contributed by atoms with Crippen LogP contribution in [0, 0.1) is 5.92 Å². The third-order valence-electron chi connectivity index (χ3n) is 5.54. The minimum Gasteiger partial charge on any atom is -0.494 e. The molecule has 0 spiro atoms. The van der Waals surface area contributed by atoms with Crippen LogP contribution in [0.1, 0.15) is 54.4 Å². The summed E-state index contributed by atoms with van der Waals surface area (Å²) in [5, 5.41) is 0.740. The van der Waals surface area contributed by atoms with Gasteiger partial charge in [0.15, 0.2) is 0 Å². The molecule has 3 aromatic rings. The first-order chi connectivity index (χ1) is 15.0. The summed E-state index contributed by atoms with van der Waals surface area (Å²) in [6.45, 7) is 8.79. The topological polar surface area (TPSA) is 64.4 Å². The number of rotatable bonds is 7. The number of fused-ring (bicyclic) bond motifs is 3. The Morgan fingerprint density at radius 3 is 2.74 bits per heavy atom. The van der Waals surface area contributed by atoms with Gasteiger partial charge >= 0.3 is 0 Å². The van der Waals surface area contributed by atoms with Crippen LogP contribution in [0.5, 0.6) is 5.75 Å². The molecule has 0 saturated carbocycles. The van der Waals surface area contributed by atoms with Crippen LogP contribution in [0.2, 0.25) is 0 Å². The van der Waals surface area contributed by atoms with Crippen molar-refractivity contribution in [2.24, 2.45) is 5.92 Å². The Morgan fingerprint density at radius 2 is 2.03 bits per heavy atom. The molecular weight excluding hydrogens is 410 g/mol. The lowest BCUT2D eigenvalue weighted by molar-refractivity contribution is 0.0737. The van der Waals surface area contributed by atoms with Crippen LogP contribution in [-0.4, -0.2) is 33.5 Å². The minimum absolute atomic E-state index is 0.00777. The molecule has 0 fully saturated rings. The number of unbranched alkanes of at least 4 members (excludes halogenated alkanes) is 1. The molecule has 2 aromatic heterocycles. The third kappa shape index (κ3) is 4.51. The van der Waals surface area contributed by atoms with Crippen molar-refractivity contribution < 1.29 is 9.53 Å². The fourth-order valence-corrected chi connectivity index (χ4v) is 5.12. The molecule has 1 aromatic carbocycles. The second kappa shape index (κ2) is 9.22. The normalized spacial score (nSPS) is 13.6. The minimum atomic E-state index is 0.00777. The summed E-state index contributed by atoms with van der Waals surface area (Å²) in [7, 11) is 0. The summed E-state index contributed by atoms with van der Waals surface area (Å²) >= 11 is 1.53. The second-order valence-electron chi connectivity index (χ2n) is 8.48. The first-order valence-electron chi connectivity index (χ1n) is 11.0. The van der Waals surface area contributed by atoms with E-state index in [9.17, 15) is 9.59 Å². The Kier molecular flexibility index (Phi) is 6.41. The highest BCUT2D eigenvalue weighted by Gasteiger charge is 2.27. The highest BCUT2D eigenvalue weighted by Crippen LogP contribution is 2.33. The Bertz CT molecular complexity index is 1130. The van der Waals surface area contributed by atoms with Crippen LogP contribution < -0.4 is 10.3 Å². The lowest BCUT2D eigenvalue weighted by Crippen LogP contribution is -2.35. The lowest BCUT2D eigenvalue weighted by atomic mass is 10.0. The summed E-state index contributed by atoms with van der Waals surface area (Å²) in [6.07, 6.45) is 4.44. The molecule has 1 aliphatic heterocycles. The average Bonchev–Trinajstić information content (AvgIpc) is 3.14. The predicted molar refractivity (Wildman–Crippen MR) is 124 cm³/mol. The number of carbonyl (C=O) groups is 1. The lowest BCUT2D eigenvalue weighted by Gasteiger charge is -2.27. The summed E-state index contributed by atoms with van der Waals surface area (Å²) in [6, 6.07) is 7.38. The van der Waals surface area contributed by atoms with Crippen molar-refractivity contribution in [1.29, 1.82) is 0 Å². The van der Waals surface area contributed by atoms with Gasteiger partial charge in [0.1, 0.15) is 10.6 Å². The number of aromatic nitrogens is 2. The first-order valence-corrected chi connectivity index (χ1v) is 11.8. The Balaban J connectivity index is 1.52. The van der Waals surface area contributed by atoms with Gasteiger partial charge < -0.3 is 9.64 Å². The van der Waals surface area contributed by atoms with Crippen molar-refractivity contribution in [2.45, 2.75) is 53.1 Å². The number of ether oxygens (including phenoxy) is 1. The summed E-state index contributed by atoms with van der Waals surface area (Å²) in [4.78, 5) is 34.3. The van der Waals surface area contributed by atoms with Gasteiger partial charge in [-0.3, -0.25) is 14.2 Å². The Morgan fingerprint density at radius 1 is 1.26 bits per heavy atom. The summed E-state index contributed by atoms with van der Waals surface area (Å²) < 4.78 is 7.40. The van der Waals surface area contributed by atoms with E-state index in [1.807, 2.05) is 29.2 Å². The van der Waals surface area contributed by atoms with Crippen LogP contribution in [0.4, 0.5) is 0 Å². The van der Waals surface area contributed by atoms with E-state index >= 15 is 0 Å². The van der Waals surface area contributed by atoms with Crippen molar-refractivity contribution in [3.63, 3.8) is 0 Å². The molecule has 3 heterocycles. The Hall–Kier alpha value is -2.67. The fourth-order valence-electron chi connectivity index (χ4n) is 3.93. The van der Waals surface area contributed by atoms with Crippen molar-refractivity contribution in [3.8, 4) is 5.75 Å². The molecule has 6 nitrogen and oxygen atoms in total. The Labute approximate surface area is 186 Å². The van der Waals surface area contributed by atoms with Gasteiger partial charge in [-0.15, -0.1) is 11.3 Å². The molecule has 0 bridgehead atoms. The molecule has 1 amide bonds. The highest BCUT2D eigenvalue weighted by atomic mass is 32.1. The SMILES string of the molecule is CCCCOc1ccc(C(=O)N2CCc3c(sc4ncn(CC(C)C)c(=O)c34)C2)cc1. The quantitative estimate of drug-likeness (QED) is 0.509. The van der Waals surface area contributed by atoms with Gasteiger partial charge in [0.2, 0.25) is 0 Å². The maximum Gasteiger partial charge on any atom is 0.262 e. The number of hydrogen-bond acceptors (Lipinski definition) is 5. The van der Waals surface area contributed by atoms with E-state index in [4.69, 9.17) is 4.74 Å². The number of thiophene rings is 1. The molecule has 0 aliphatic carbocycles. The highest BCUT2D eigenvalue weighted by molar-refractivity contribution is 7.18. The van der Waals surface area contributed by atoms with Crippen molar-refractivity contribution >= 4 is 27.5 Å². The smallest absolute Gasteiger partial charge is 0.262 e. The third-order valence-corrected chi connectivity index (χ3v) is 6.67. The van der Waals surface area contributed by atoms with Crippen LogP contribution in [-0.2, 0) is 19.5 Å². The monoisotopic (exact) mass is 439 g/mol. The van der Waals surface area contributed by atoms with E-state index in [2.05, 4.69) is 25.8 Å². The number of benzene rings is 1. The average molecular weight is 440 g/mol. The number of amides is 1. The maximum absolute atomic E-state index is 13.0. The first kappa shape index (κ1) is 21.6. The maximum atomic E-state index is 13.0. The van der Waals surface area contributed by atoms with Crippen LogP contribution in [0.3, 0.4) is 0 Å². The molecule has 0 unspecified atom stereocenters. The predicted octanol–water partition coefficient (Wildman–Crippen LogP) is 4.49. The van der Waals surface area contributed by atoms with Gasteiger partial charge in [-0.2, -0.15) is 0 Å². The van der Waals surface area contributed by atoms with Crippen LogP contribution in [0.15, 0.2) is 35.4 Å². The molecule has 31 heavy (non-hydrogen) atoms. The molecule has 1 aliphatic rings. The van der Waals surface area contributed by atoms with Gasteiger partial charge in [-0.25, -0.2) is 4.98 Å². The molecule has 0 atom stereocenters. The van der Waals surface area contributed by atoms with E-state index in [1.54, 1.807) is 10.9 Å². The van der Waals surface area contributed by atoms with Crippen molar-refractivity contribution in [1.82, 2.24) is 14.5 Å². The zero-order chi connectivity index (χ0) is 22.0. The zero-order valence-corrected chi connectivity index (χ0v) is 19.2. The molecule has 0 N–H and O–H groups in total. The number of hydrogen-bond donors (Lipinski definition) is 0. The van der Waals surface area contributed by atoms with Crippen molar-refractivity contribution in [3.05, 3.63) is 57.0 Å². The van der Waals surface area contributed by atoms with Gasteiger partial charge in [-0.1, -0.05) is 27.2 Å². The van der Waals surface area contributed by atoms with Gasteiger partial charge in [0.25, 0.3) is 11.5 Å². The summed E-state index contributed by atoms with van der Waals surface area (Å²) in [5.74, 6) is 1.18. The van der Waals surface area contributed by atoms with E-state index in [0.717, 1.165) is 39.2 Å². The largest absolute Gasteiger partial charge is 0.494 e. The van der Waals surface area contributed by atoms with Gasteiger partial charge in [-0.05, 0) is 48.6 Å². The number of carbonyl (C=O) groups excluding carboxylic acids is 1. The summed E-state index contributed by atoms with van der Waals surface area (Å²) in [5.41, 5.74) is 1.76. The van der Waals surface area contributed by atoms with Gasteiger partial charge in [0, 0.05) is 23.5 Å². The standard InChI is InChI=1S/C24H29N3O3S/c1-4-5-12-30-18-8-6-17(7-9-18)23(28)26-11-10-19-20(14-26)31-22-21(19)24(29)27(15-25-22)13-16(2)3/h6-9,15-16H,4-5,10-14H2,1-3H3. The van der Waals surface area contributed by atoms with Crippen molar-refractivity contribution in [2.75, 3.05) is 13.2 Å². The molecular formula is C24H29N3O3S. The second-order valence-corrected chi connectivity index (χ2v) is 9.57. The fraction of sp³-hybridized carbons (Fsp3) is 0.458. The van der Waals surface area contributed by atoms with Gasteiger partial charge in [0.05, 0.1) is 24.9 Å². The molecule has 0 radical (unpaired) electrons. The molecule has 164 valence electrons. The van der Waals surface area contributed by atoms with E-state index in [-0.39, 0.29) is 11.5 Å².